The van der Waals surface area contributed by atoms with Gasteiger partial charge in [-0.05, 0) is 77.0 Å². The van der Waals surface area contributed by atoms with Gasteiger partial charge in [0.2, 0.25) is 0 Å². The van der Waals surface area contributed by atoms with Crippen LogP contribution >= 0.6 is 0 Å². The highest BCUT2D eigenvalue weighted by molar-refractivity contribution is 5.72. The van der Waals surface area contributed by atoms with Crippen LogP contribution < -0.4 is 0 Å². The Labute approximate surface area is 349 Å². The van der Waals surface area contributed by atoms with Gasteiger partial charge in [0.05, 0.1) is 34.4 Å². The predicted molar refractivity (Wildman–Crippen MR) is 238 cm³/mol. The number of nitrogens with zero attached hydrogens (tertiary/aromatic N) is 1. The number of carboxylic acids is 1. The minimum atomic E-state index is -0.885. The Balaban J connectivity index is 4.32. The maximum Gasteiger partial charge on any atom is 0.362 e. The summed E-state index contributed by atoms with van der Waals surface area (Å²) in [6, 6.07) is -0.625. The first-order chi connectivity index (χ1) is 27.6. The molecule has 0 saturated heterocycles. The molecule has 0 fully saturated rings. The molecule has 0 aromatic heterocycles. The molecule has 0 aliphatic rings. The lowest BCUT2D eigenvalue weighted by molar-refractivity contribution is -0.887. The fourth-order valence-electron chi connectivity index (χ4n) is 6.12. The first kappa shape index (κ1) is 53.8. The molecule has 2 atom stereocenters. The van der Waals surface area contributed by atoms with Gasteiger partial charge in [-0.3, -0.25) is 9.59 Å². The molecule has 0 aromatic carbocycles. The minimum Gasteiger partial charge on any atom is -0.477 e. The van der Waals surface area contributed by atoms with Gasteiger partial charge in [0.15, 0.2) is 12.1 Å². The highest BCUT2D eigenvalue weighted by Gasteiger charge is 2.31. The van der Waals surface area contributed by atoms with Gasteiger partial charge in [0, 0.05) is 19.3 Å². The van der Waals surface area contributed by atoms with E-state index < -0.39 is 18.1 Å². The average molecular weight is 799 g/mol. The summed E-state index contributed by atoms with van der Waals surface area (Å²) in [6.45, 7) is 4.51. The normalized spacial score (nSPS) is 13.6. The maximum absolute atomic E-state index is 12.7. The van der Waals surface area contributed by atoms with Crippen molar-refractivity contribution < 1.29 is 38.2 Å². The SMILES string of the molecule is CC/C=C/C/C=C/C/C=C/CCCC(=O)OCC(COCCC(C(=O)O)[N+](C)(C)C)OC(=O)CCCCCCCCCCC/C=C/C/C=C/C/C=C/CCCCC. The molecule has 57 heavy (non-hydrogen) atoms. The van der Waals surface area contributed by atoms with Gasteiger partial charge in [0.25, 0.3) is 0 Å². The van der Waals surface area contributed by atoms with E-state index in [0.717, 1.165) is 64.2 Å². The van der Waals surface area contributed by atoms with Gasteiger partial charge in [0.1, 0.15) is 6.61 Å². The highest BCUT2D eigenvalue weighted by atomic mass is 16.6. The van der Waals surface area contributed by atoms with Gasteiger partial charge in [-0.15, -0.1) is 0 Å². The summed E-state index contributed by atoms with van der Waals surface area (Å²) in [4.78, 5) is 36.9. The zero-order valence-corrected chi connectivity index (χ0v) is 37.0. The number of esters is 2. The van der Waals surface area contributed by atoms with Crippen LogP contribution in [0.3, 0.4) is 0 Å². The Morgan fingerprint density at radius 1 is 0.544 bits per heavy atom. The average Bonchev–Trinajstić information content (AvgIpc) is 3.17. The number of carbonyl (C=O) groups is 3. The van der Waals surface area contributed by atoms with E-state index in [1.807, 2.05) is 21.1 Å². The first-order valence-corrected chi connectivity index (χ1v) is 22.5. The van der Waals surface area contributed by atoms with Crippen molar-refractivity contribution in [2.45, 2.75) is 180 Å². The predicted octanol–water partition coefficient (Wildman–Crippen LogP) is 12.4. The fraction of sp³-hybridized carbons (Fsp3) is 0.694. The smallest absolute Gasteiger partial charge is 0.362 e. The lowest BCUT2D eigenvalue weighted by atomic mass is 10.1. The molecule has 0 spiro atoms. The molecule has 2 unspecified atom stereocenters. The van der Waals surface area contributed by atoms with Crippen LogP contribution in [-0.4, -0.2) is 80.6 Å². The van der Waals surface area contributed by atoms with E-state index in [9.17, 15) is 19.5 Å². The summed E-state index contributed by atoms with van der Waals surface area (Å²) >= 11 is 0. The minimum absolute atomic E-state index is 0.0397. The number of quaternary nitrogens is 1. The van der Waals surface area contributed by atoms with Crippen molar-refractivity contribution in [2.75, 3.05) is 41.0 Å². The lowest BCUT2D eigenvalue weighted by Gasteiger charge is -2.31. The van der Waals surface area contributed by atoms with Gasteiger partial charge in [-0.1, -0.05) is 145 Å². The van der Waals surface area contributed by atoms with Crippen molar-refractivity contribution >= 4 is 17.9 Å². The fourth-order valence-corrected chi connectivity index (χ4v) is 6.12. The zero-order valence-electron chi connectivity index (χ0n) is 37.0. The van der Waals surface area contributed by atoms with Crippen molar-refractivity contribution in [3.8, 4) is 0 Å². The number of rotatable bonds is 39. The molecule has 326 valence electrons. The molecule has 0 aliphatic carbocycles. The van der Waals surface area contributed by atoms with Crippen LogP contribution in [-0.2, 0) is 28.6 Å². The van der Waals surface area contributed by atoms with E-state index in [1.165, 1.54) is 64.2 Å². The molecular weight excluding hydrogens is 715 g/mol. The molecule has 0 bridgehead atoms. The number of hydrogen-bond acceptors (Lipinski definition) is 6. The number of likely N-dealkylation sites (N-methyl/N-ethyl adjacent to an activating group) is 1. The summed E-state index contributed by atoms with van der Waals surface area (Å²) in [7, 11) is 5.50. The highest BCUT2D eigenvalue weighted by Crippen LogP contribution is 2.14. The van der Waals surface area contributed by atoms with Crippen LogP contribution in [0.25, 0.3) is 0 Å². The van der Waals surface area contributed by atoms with E-state index in [-0.39, 0.29) is 42.7 Å². The van der Waals surface area contributed by atoms with E-state index >= 15 is 0 Å². The molecular formula is C49H84NO7+. The van der Waals surface area contributed by atoms with Crippen molar-refractivity contribution in [1.29, 1.82) is 0 Å². The molecule has 8 nitrogen and oxygen atoms in total. The molecule has 0 saturated carbocycles. The lowest BCUT2D eigenvalue weighted by Crippen LogP contribution is -2.50. The Hall–Kier alpha value is -3.23. The monoisotopic (exact) mass is 799 g/mol. The third kappa shape index (κ3) is 38.1. The van der Waals surface area contributed by atoms with Gasteiger partial charge in [-0.2, -0.15) is 0 Å². The standard InChI is InChI=1S/C49H83NO7/c1-6-8-10-12-14-16-18-19-20-21-22-23-24-25-26-27-28-30-32-34-36-38-40-48(52)57-45(43-55-42-41-46(49(53)54)50(3,4)5)44-56-47(51)39-37-35-33-31-29-17-15-13-11-9-7-2/h9,11,14-17,19-20,22-23,31,33,45-46H,6-8,10,12-13,18,21,24-30,32,34-44H2,1-5H3/p+1/b11-9+,16-14+,17-15+,20-19+,23-22+,33-31+. The van der Waals surface area contributed by atoms with Crippen LogP contribution in [0.15, 0.2) is 72.9 Å². The van der Waals surface area contributed by atoms with Gasteiger partial charge < -0.3 is 23.8 Å². The second kappa shape index (κ2) is 39.6. The largest absolute Gasteiger partial charge is 0.477 e. The number of carbonyl (C=O) groups excluding carboxylic acids is 2. The van der Waals surface area contributed by atoms with Gasteiger partial charge in [-0.25, -0.2) is 4.79 Å². The van der Waals surface area contributed by atoms with Crippen molar-refractivity contribution in [1.82, 2.24) is 0 Å². The summed E-state index contributed by atoms with van der Waals surface area (Å²) < 4.78 is 17.2. The molecule has 0 heterocycles. The first-order valence-electron chi connectivity index (χ1n) is 22.5. The molecule has 1 N–H and O–H groups in total. The van der Waals surface area contributed by atoms with Crippen molar-refractivity contribution in [3.63, 3.8) is 0 Å². The van der Waals surface area contributed by atoms with Crippen molar-refractivity contribution in [2.24, 2.45) is 0 Å². The van der Waals surface area contributed by atoms with E-state index in [2.05, 4.69) is 86.8 Å². The van der Waals surface area contributed by atoms with Gasteiger partial charge >= 0.3 is 17.9 Å². The van der Waals surface area contributed by atoms with E-state index in [1.54, 1.807) is 0 Å². The number of aliphatic carboxylic acids is 1. The second-order valence-corrected chi connectivity index (χ2v) is 15.9. The molecule has 0 rings (SSSR count). The molecule has 8 heteroatoms. The third-order valence-corrected chi connectivity index (χ3v) is 9.59. The van der Waals surface area contributed by atoms with Crippen LogP contribution in [0.2, 0.25) is 0 Å². The van der Waals surface area contributed by atoms with E-state index in [4.69, 9.17) is 14.2 Å². The number of unbranched alkanes of at least 4 members (excludes halogenated alkanes) is 13. The molecule has 0 aromatic rings. The van der Waals surface area contributed by atoms with Crippen LogP contribution in [0, 0.1) is 0 Å². The molecule has 0 aliphatic heterocycles. The number of carboxylic acid groups (broad SMARTS) is 1. The van der Waals surface area contributed by atoms with Crippen molar-refractivity contribution in [3.05, 3.63) is 72.9 Å². The van der Waals surface area contributed by atoms with Crippen LogP contribution in [0.1, 0.15) is 168 Å². The molecule has 0 amide bonds. The Morgan fingerprint density at radius 2 is 1.00 bits per heavy atom. The summed E-state index contributed by atoms with van der Waals surface area (Å²) in [5.74, 6) is -1.55. The summed E-state index contributed by atoms with van der Waals surface area (Å²) in [5, 5.41) is 9.61. The number of allylic oxidation sites excluding steroid dienone is 12. The molecule has 0 radical (unpaired) electrons. The van der Waals surface area contributed by atoms with Crippen LogP contribution in [0.5, 0.6) is 0 Å². The Morgan fingerprint density at radius 3 is 1.51 bits per heavy atom. The Bertz CT molecular complexity index is 1160. The topological polar surface area (TPSA) is 99.1 Å². The second-order valence-electron chi connectivity index (χ2n) is 15.9. The third-order valence-electron chi connectivity index (χ3n) is 9.59. The van der Waals surface area contributed by atoms with E-state index in [0.29, 0.717) is 19.3 Å². The quantitative estimate of drug-likeness (QED) is 0.0286. The Kier molecular flexibility index (Phi) is 37.3. The number of ether oxygens (including phenoxy) is 3. The summed E-state index contributed by atoms with van der Waals surface area (Å²) in [5.41, 5.74) is 0. The number of hydrogen-bond donors (Lipinski definition) is 1. The van der Waals surface area contributed by atoms with Crippen LogP contribution in [0.4, 0.5) is 0 Å². The zero-order chi connectivity index (χ0) is 42.1. The maximum atomic E-state index is 12.7. The summed E-state index contributed by atoms with van der Waals surface area (Å²) in [6.07, 6.45) is 49.6.